The molecule has 108 valence electrons. The number of nitrogen functional groups attached to an aromatic ring is 1. The molecule has 0 radical (unpaired) electrons. The van der Waals surface area contributed by atoms with Crippen molar-refractivity contribution in [2.24, 2.45) is 0 Å². The van der Waals surface area contributed by atoms with Crippen molar-refractivity contribution in [2.75, 3.05) is 12.3 Å². The van der Waals surface area contributed by atoms with E-state index in [9.17, 15) is 14.3 Å². The van der Waals surface area contributed by atoms with Crippen molar-refractivity contribution in [3.8, 4) is 0 Å². The maximum atomic E-state index is 14.2. The minimum Gasteiger partial charge on any atom is -0.393 e. The van der Waals surface area contributed by atoms with Gasteiger partial charge in [-0.15, -0.1) is 0 Å². The third-order valence-electron chi connectivity index (χ3n) is 3.81. The number of aromatic nitrogens is 4. The standard InChI is InChI=1S/C11H14FN5O3/c12-11(3-18)2-5(1-6(11)19)17-9(20)7-8(15-4-14-7)16-10(17)13/h4-6,18-19H,1-3H2,(H2,13,16)(H,14,15). The number of H-pyrrole nitrogens is 1. The van der Waals surface area contributed by atoms with Crippen LogP contribution in [0.25, 0.3) is 11.2 Å². The SMILES string of the molecule is Nc1nc2nc[nH]c2c(=O)n1C1CC(O)C(F)(CO)C1. The van der Waals surface area contributed by atoms with E-state index in [-0.39, 0.29) is 30.0 Å². The van der Waals surface area contributed by atoms with Crippen molar-refractivity contribution in [1.82, 2.24) is 19.5 Å². The van der Waals surface area contributed by atoms with E-state index in [1.54, 1.807) is 0 Å². The van der Waals surface area contributed by atoms with Gasteiger partial charge in [0.05, 0.1) is 19.0 Å². The second-order valence-electron chi connectivity index (χ2n) is 5.05. The van der Waals surface area contributed by atoms with Gasteiger partial charge in [-0.05, 0) is 6.42 Å². The lowest BCUT2D eigenvalue weighted by atomic mass is 10.0. The van der Waals surface area contributed by atoms with Crippen LogP contribution in [0.15, 0.2) is 11.1 Å². The lowest BCUT2D eigenvalue weighted by Gasteiger charge is -2.20. The summed E-state index contributed by atoms with van der Waals surface area (Å²) < 4.78 is 15.3. The van der Waals surface area contributed by atoms with Gasteiger partial charge in [-0.3, -0.25) is 9.36 Å². The fraction of sp³-hybridized carbons (Fsp3) is 0.545. The fourth-order valence-electron chi connectivity index (χ4n) is 2.72. The minimum atomic E-state index is -2.13. The normalized spacial score (nSPS) is 30.1. The number of hydrogen-bond donors (Lipinski definition) is 4. The largest absolute Gasteiger partial charge is 0.393 e. The molecule has 0 spiro atoms. The molecule has 0 amide bonds. The second-order valence-corrected chi connectivity index (χ2v) is 5.05. The fourth-order valence-corrected chi connectivity index (χ4v) is 2.72. The maximum absolute atomic E-state index is 14.2. The van der Waals surface area contributed by atoms with Crippen LogP contribution in [0.3, 0.4) is 0 Å². The average Bonchev–Trinajstić information content (AvgIpc) is 2.96. The van der Waals surface area contributed by atoms with Gasteiger partial charge in [0.1, 0.15) is 0 Å². The number of fused-ring (bicyclic) bond motifs is 1. The Kier molecular flexibility index (Phi) is 2.76. The Labute approximate surface area is 112 Å². The number of nitrogens with one attached hydrogen (secondary N) is 1. The predicted octanol–water partition coefficient (Wildman–Crippen LogP) is -0.902. The van der Waals surface area contributed by atoms with Gasteiger partial charge in [0, 0.05) is 12.5 Å². The molecule has 0 bridgehead atoms. The first kappa shape index (κ1) is 13.0. The van der Waals surface area contributed by atoms with Gasteiger partial charge in [0.2, 0.25) is 5.95 Å². The summed E-state index contributed by atoms with van der Waals surface area (Å²) in [6.07, 6.45) is -0.237. The highest BCUT2D eigenvalue weighted by Gasteiger charge is 2.48. The Morgan fingerprint density at radius 2 is 2.40 bits per heavy atom. The van der Waals surface area contributed by atoms with E-state index in [1.165, 1.54) is 6.33 Å². The average molecular weight is 283 g/mol. The highest BCUT2D eigenvalue weighted by Crippen LogP contribution is 2.40. The molecule has 8 nitrogen and oxygen atoms in total. The molecule has 1 aliphatic rings. The molecule has 1 fully saturated rings. The van der Waals surface area contributed by atoms with Gasteiger partial charge in [-0.1, -0.05) is 0 Å². The third kappa shape index (κ3) is 1.70. The Morgan fingerprint density at radius 1 is 1.65 bits per heavy atom. The number of aliphatic hydroxyl groups is 2. The van der Waals surface area contributed by atoms with Crippen LogP contribution >= 0.6 is 0 Å². The molecule has 3 atom stereocenters. The Balaban J connectivity index is 2.10. The van der Waals surface area contributed by atoms with Crippen LogP contribution in [-0.2, 0) is 0 Å². The van der Waals surface area contributed by atoms with Gasteiger partial charge >= 0.3 is 0 Å². The van der Waals surface area contributed by atoms with E-state index < -0.39 is 30.0 Å². The van der Waals surface area contributed by atoms with Gasteiger partial charge in [-0.25, -0.2) is 9.37 Å². The van der Waals surface area contributed by atoms with E-state index >= 15 is 0 Å². The lowest BCUT2D eigenvalue weighted by molar-refractivity contribution is -0.0233. The summed E-state index contributed by atoms with van der Waals surface area (Å²) in [6, 6.07) is -0.658. The smallest absolute Gasteiger partial charge is 0.281 e. The van der Waals surface area contributed by atoms with E-state index in [4.69, 9.17) is 10.8 Å². The summed E-state index contributed by atoms with van der Waals surface area (Å²) in [6.45, 7) is -0.806. The number of nitrogens with two attached hydrogens (primary N) is 1. The van der Waals surface area contributed by atoms with Crippen molar-refractivity contribution >= 4 is 17.1 Å². The summed E-state index contributed by atoms with van der Waals surface area (Å²) in [4.78, 5) is 22.8. The van der Waals surface area contributed by atoms with Crippen molar-refractivity contribution < 1.29 is 14.6 Å². The minimum absolute atomic E-state index is 0.0114. The van der Waals surface area contributed by atoms with Crippen molar-refractivity contribution in [1.29, 1.82) is 0 Å². The topological polar surface area (TPSA) is 130 Å². The molecule has 0 aromatic carbocycles. The van der Waals surface area contributed by atoms with Crippen molar-refractivity contribution in [3.63, 3.8) is 0 Å². The molecule has 2 heterocycles. The second kappa shape index (κ2) is 4.25. The third-order valence-corrected chi connectivity index (χ3v) is 3.81. The molecule has 0 saturated heterocycles. The van der Waals surface area contributed by atoms with E-state index in [0.717, 1.165) is 4.57 Å². The molecule has 20 heavy (non-hydrogen) atoms. The van der Waals surface area contributed by atoms with E-state index in [2.05, 4.69) is 15.0 Å². The summed E-state index contributed by atoms with van der Waals surface area (Å²) in [7, 11) is 0. The molecule has 2 aromatic heterocycles. The first-order chi connectivity index (χ1) is 9.46. The monoisotopic (exact) mass is 283 g/mol. The molecular formula is C11H14FN5O3. The molecule has 1 aliphatic carbocycles. The molecule has 0 aliphatic heterocycles. The first-order valence-corrected chi connectivity index (χ1v) is 6.15. The number of aliphatic hydroxyl groups excluding tert-OH is 2. The Morgan fingerprint density at radius 3 is 3.05 bits per heavy atom. The first-order valence-electron chi connectivity index (χ1n) is 6.15. The van der Waals surface area contributed by atoms with Crippen LogP contribution in [0, 0.1) is 0 Å². The highest BCUT2D eigenvalue weighted by molar-refractivity contribution is 5.69. The number of alkyl halides is 1. The quantitative estimate of drug-likeness (QED) is 0.565. The maximum Gasteiger partial charge on any atom is 0.281 e. The molecule has 5 N–H and O–H groups in total. The van der Waals surface area contributed by atoms with Gasteiger partial charge in [-0.2, -0.15) is 4.98 Å². The summed E-state index contributed by atoms with van der Waals surface area (Å²) in [5.41, 5.74) is 3.51. The summed E-state index contributed by atoms with van der Waals surface area (Å²) in [5, 5.41) is 18.8. The Bertz CT molecular complexity index is 714. The number of rotatable bonds is 2. The van der Waals surface area contributed by atoms with Gasteiger partial charge in [0.15, 0.2) is 16.8 Å². The number of aromatic amines is 1. The highest BCUT2D eigenvalue weighted by atomic mass is 19.1. The molecular weight excluding hydrogens is 269 g/mol. The van der Waals surface area contributed by atoms with Gasteiger partial charge in [0.25, 0.3) is 5.56 Å². The molecule has 2 aromatic rings. The van der Waals surface area contributed by atoms with Crippen molar-refractivity contribution in [3.05, 3.63) is 16.7 Å². The molecule has 3 unspecified atom stereocenters. The Hall–Kier alpha value is -2.00. The van der Waals surface area contributed by atoms with Crippen molar-refractivity contribution in [2.45, 2.75) is 30.7 Å². The molecule has 3 rings (SSSR count). The zero-order valence-corrected chi connectivity index (χ0v) is 10.5. The van der Waals surface area contributed by atoms with Crippen LogP contribution in [0.4, 0.5) is 10.3 Å². The van der Waals surface area contributed by atoms with Crippen LogP contribution in [-0.4, -0.2) is 48.1 Å². The van der Waals surface area contributed by atoms with Crippen LogP contribution in [0.5, 0.6) is 0 Å². The zero-order valence-electron chi connectivity index (χ0n) is 10.5. The van der Waals surface area contributed by atoms with E-state index in [0.29, 0.717) is 0 Å². The van der Waals surface area contributed by atoms with Crippen LogP contribution < -0.4 is 11.3 Å². The van der Waals surface area contributed by atoms with Gasteiger partial charge < -0.3 is 20.9 Å². The summed E-state index contributed by atoms with van der Waals surface area (Å²) >= 11 is 0. The number of halogens is 1. The predicted molar refractivity (Wildman–Crippen MR) is 67.8 cm³/mol. The van der Waals surface area contributed by atoms with Crippen LogP contribution in [0.2, 0.25) is 0 Å². The zero-order chi connectivity index (χ0) is 14.5. The summed E-state index contributed by atoms with van der Waals surface area (Å²) in [5.74, 6) is -0.0889. The molecule has 1 saturated carbocycles. The molecule has 9 heteroatoms. The van der Waals surface area contributed by atoms with Crippen LogP contribution in [0.1, 0.15) is 18.9 Å². The number of imidazole rings is 1. The number of hydrogen-bond acceptors (Lipinski definition) is 6. The van der Waals surface area contributed by atoms with E-state index in [1.807, 2.05) is 0 Å². The lowest BCUT2D eigenvalue weighted by Crippen LogP contribution is -2.36. The number of anilines is 1. The number of nitrogens with zero attached hydrogens (tertiary/aromatic N) is 3.